The van der Waals surface area contributed by atoms with Crippen molar-refractivity contribution in [2.24, 2.45) is 0 Å². The molecular formula is C14H12O2. The topological polar surface area (TPSA) is 29.5 Å². The zero-order valence-electron chi connectivity index (χ0n) is 9.03. The summed E-state index contributed by atoms with van der Waals surface area (Å²) < 4.78 is 5.70. The molecule has 3 rings (SSSR count). The second kappa shape index (κ2) is 3.27. The first-order chi connectivity index (χ1) is 7.77. The number of phenolic OH excluding ortho intramolecular Hbond substituents is 1. The third-order valence-electron chi connectivity index (χ3n) is 3.06. The van der Waals surface area contributed by atoms with Crippen LogP contribution in [0.3, 0.4) is 0 Å². The summed E-state index contributed by atoms with van der Waals surface area (Å²) in [5.41, 5.74) is 4.27. The van der Waals surface area contributed by atoms with Gasteiger partial charge in [0.2, 0.25) is 0 Å². The Kier molecular flexibility index (Phi) is 1.90. The number of fused-ring (bicyclic) bond motifs is 3. The Bertz CT molecular complexity index is 559. The maximum absolute atomic E-state index is 9.64. The van der Waals surface area contributed by atoms with Gasteiger partial charge in [-0.1, -0.05) is 24.3 Å². The molecule has 1 heterocycles. The van der Waals surface area contributed by atoms with Crippen LogP contribution < -0.4 is 4.74 Å². The van der Waals surface area contributed by atoms with Gasteiger partial charge >= 0.3 is 0 Å². The molecular weight excluding hydrogens is 200 g/mol. The van der Waals surface area contributed by atoms with Gasteiger partial charge in [-0.2, -0.15) is 0 Å². The van der Waals surface area contributed by atoms with Gasteiger partial charge in [0.25, 0.3) is 0 Å². The van der Waals surface area contributed by atoms with E-state index in [2.05, 4.69) is 12.1 Å². The van der Waals surface area contributed by atoms with E-state index in [0.29, 0.717) is 6.61 Å². The van der Waals surface area contributed by atoms with Crippen LogP contribution in [0.15, 0.2) is 36.4 Å². The highest BCUT2D eigenvalue weighted by Crippen LogP contribution is 2.42. The summed E-state index contributed by atoms with van der Waals surface area (Å²) in [5.74, 6) is 1.09. The second-order valence-electron chi connectivity index (χ2n) is 4.03. The van der Waals surface area contributed by atoms with E-state index in [4.69, 9.17) is 4.74 Å². The van der Waals surface area contributed by atoms with E-state index in [1.54, 1.807) is 6.07 Å². The number of phenols is 1. The van der Waals surface area contributed by atoms with E-state index < -0.39 is 0 Å². The molecule has 0 radical (unpaired) electrons. The molecule has 0 atom stereocenters. The van der Waals surface area contributed by atoms with Gasteiger partial charge in [0.1, 0.15) is 18.1 Å². The molecule has 80 valence electrons. The van der Waals surface area contributed by atoms with Crippen molar-refractivity contribution in [3.05, 3.63) is 47.5 Å². The van der Waals surface area contributed by atoms with Gasteiger partial charge in [0.15, 0.2) is 0 Å². The summed E-state index contributed by atoms with van der Waals surface area (Å²) in [6.07, 6.45) is 0. The van der Waals surface area contributed by atoms with E-state index in [1.165, 1.54) is 11.1 Å². The molecule has 2 nitrogen and oxygen atoms in total. The zero-order chi connectivity index (χ0) is 11.1. The Hall–Kier alpha value is -1.96. The van der Waals surface area contributed by atoms with Gasteiger partial charge in [0, 0.05) is 11.1 Å². The van der Waals surface area contributed by atoms with Crippen LogP contribution in [0.25, 0.3) is 11.1 Å². The van der Waals surface area contributed by atoms with Crippen molar-refractivity contribution in [1.82, 2.24) is 0 Å². The number of ether oxygens (including phenoxy) is 1. The number of aromatic hydroxyl groups is 1. The Morgan fingerprint density at radius 3 is 2.75 bits per heavy atom. The highest BCUT2D eigenvalue weighted by Gasteiger charge is 2.19. The van der Waals surface area contributed by atoms with Gasteiger partial charge in [-0.3, -0.25) is 0 Å². The van der Waals surface area contributed by atoms with Gasteiger partial charge in [-0.05, 0) is 30.2 Å². The van der Waals surface area contributed by atoms with E-state index in [-0.39, 0.29) is 5.75 Å². The molecule has 1 aliphatic rings. The molecule has 1 N–H and O–H groups in total. The van der Waals surface area contributed by atoms with Crippen LogP contribution in [0, 0.1) is 6.92 Å². The minimum Gasteiger partial charge on any atom is -0.508 e. The van der Waals surface area contributed by atoms with Crippen molar-refractivity contribution < 1.29 is 9.84 Å². The lowest BCUT2D eigenvalue weighted by atomic mass is 9.95. The summed E-state index contributed by atoms with van der Waals surface area (Å²) in [7, 11) is 0. The van der Waals surface area contributed by atoms with Crippen LogP contribution in [-0.4, -0.2) is 5.11 Å². The molecule has 0 spiro atoms. The lowest BCUT2D eigenvalue weighted by Crippen LogP contribution is -2.06. The predicted molar refractivity (Wildman–Crippen MR) is 62.6 cm³/mol. The van der Waals surface area contributed by atoms with Gasteiger partial charge in [0.05, 0.1) is 0 Å². The molecule has 2 aromatic carbocycles. The Labute approximate surface area is 94.1 Å². The third kappa shape index (κ3) is 1.20. The molecule has 2 heteroatoms. The lowest BCUT2D eigenvalue weighted by molar-refractivity contribution is 0.298. The molecule has 0 aromatic heterocycles. The van der Waals surface area contributed by atoms with E-state index in [0.717, 1.165) is 16.9 Å². The minimum atomic E-state index is 0.290. The first-order valence-electron chi connectivity index (χ1n) is 5.31. The fraction of sp³-hybridized carbons (Fsp3) is 0.143. The quantitative estimate of drug-likeness (QED) is 0.726. The highest BCUT2D eigenvalue weighted by molar-refractivity contribution is 5.77. The normalized spacial score (nSPS) is 12.6. The van der Waals surface area contributed by atoms with Crippen LogP contribution in [0.4, 0.5) is 0 Å². The zero-order valence-corrected chi connectivity index (χ0v) is 9.03. The van der Waals surface area contributed by atoms with Gasteiger partial charge in [-0.25, -0.2) is 0 Å². The SMILES string of the molecule is Cc1c(O)ccc2c1OCc1ccccc1-2. The molecule has 0 saturated carbocycles. The standard InChI is InChI=1S/C14H12O2/c1-9-13(15)7-6-12-11-5-3-2-4-10(11)8-16-14(9)12/h2-7,15H,8H2,1H3. The smallest absolute Gasteiger partial charge is 0.134 e. The molecule has 1 aliphatic heterocycles. The van der Waals surface area contributed by atoms with Crippen LogP contribution in [-0.2, 0) is 6.61 Å². The fourth-order valence-corrected chi connectivity index (χ4v) is 2.14. The second-order valence-corrected chi connectivity index (χ2v) is 4.03. The summed E-state index contributed by atoms with van der Waals surface area (Å²) in [6, 6.07) is 11.8. The third-order valence-corrected chi connectivity index (χ3v) is 3.06. The average Bonchev–Trinajstić information content (AvgIpc) is 2.33. The van der Waals surface area contributed by atoms with Crippen molar-refractivity contribution in [3.63, 3.8) is 0 Å². The predicted octanol–water partition coefficient (Wildman–Crippen LogP) is 3.26. The Morgan fingerprint density at radius 2 is 1.88 bits per heavy atom. The van der Waals surface area contributed by atoms with E-state index in [1.807, 2.05) is 25.1 Å². The van der Waals surface area contributed by atoms with Crippen molar-refractivity contribution >= 4 is 0 Å². The summed E-state index contributed by atoms with van der Waals surface area (Å²) in [5, 5.41) is 9.64. The Balaban J connectivity index is 2.30. The van der Waals surface area contributed by atoms with E-state index >= 15 is 0 Å². The number of hydrogen-bond donors (Lipinski definition) is 1. The van der Waals surface area contributed by atoms with Crippen molar-refractivity contribution in [1.29, 1.82) is 0 Å². The monoisotopic (exact) mass is 212 g/mol. The van der Waals surface area contributed by atoms with E-state index in [9.17, 15) is 5.11 Å². The average molecular weight is 212 g/mol. The molecule has 0 fully saturated rings. The molecule has 16 heavy (non-hydrogen) atoms. The maximum atomic E-state index is 9.64. The van der Waals surface area contributed by atoms with Crippen molar-refractivity contribution in [2.45, 2.75) is 13.5 Å². The molecule has 2 aromatic rings. The largest absolute Gasteiger partial charge is 0.508 e. The van der Waals surface area contributed by atoms with Gasteiger partial charge in [-0.15, -0.1) is 0 Å². The van der Waals surface area contributed by atoms with Crippen LogP contribution in [0.2, 0.25) is 0 Å². The Morgan fingerprint density at radius 1 is 1.06 bits per heavy atom. The highest BCUT2D eigenvalue weighted by atomic mass is 16.5. The first-order valence-corrected chi connectivity index (χ1v) is 5.31. The number of rotatable bonds is 0. The summed E-state index contributed by atoms with van der Waals surface area (Å²) in [4.78, 5) is 0. The summed E-state index contributed by atoms with van der Waals surface area (Å²) in [6.45, 7) is 2.45. The van der Waals surface area contributed by atoms with Crippen molar-refractivity contribution in [2.75, 3.05) is 0 Å². The molecule has 0 amide bonds. The van der Waals surface area contributed by atoms with Gasteiger partial charge < -0.3 is 9.84 Å². The summed E-state index contributed by atoms with van der Waals surface area (Å²) >= 11 is 0. The molecule has 0 unspecified atom stereocenters. The molecule has 0 bridgehead atoms. The molecule has 0 aliphatic carbocycles. The number of benzene rings is 2. The van der Waals surface area contributed by atoms with Crippen LogP contribution in [0.1, 0.15) is 11.1 Å². The first kappa shape index (κ1) is 9.28. The number of hydrogen-bond acceptors (Lipinski definition) is 2. The minimum absolute atomic E-state index is 0.290. The lowest BCUT2D eigenvalue weighted by Gasteiger charge is -2.22. The fourth-order valence-electron chi connectivity index (χ4n) is 2.14. The van der Waals surface area contributed by atoms with Crippen LogP contribution in [0.5, 0.6) is 11.5 Å². The molecule has 0 saturated heterocycles. The maximum Gasteiger partial charge on any atom is 0.134 e. The van der Waals surface area contributed by atoms with Crippen molar-refractivity contribution in [3.8, 4) is 22.6 Å². The van der Waals surface area contributed by atoms with Crippen LogP contribution >= 0.6 is 0 Å².